The molecule has 2 aliphatic rings. The van der Waals surface area contributed by atoms with Gasteiger partial charge in [-0.15, -0.1) is 0 Å². The summed E-state index contributed by atoms with van der Waals surface area (Å²) in [5.74, 6) is 3.82. The molecule has 0 spiro atoms. The van der Waals surface area contributed by atoms with Crippen molar-refractivity contribution in [3.63, 3.8) is 0 Å². The summed E-state index contributed by atoms with van der Waals surface area (Å²) >= 11 is 0. The molecule has 2 aliphatic carbocycles. The Morgan fingerprint density at radius 2 is 1.21 bits per heavy atom. The Bertz CT molecular complexity index is 253. The molecule has 2 unspecified atom stereocenters. The summed E-state index contributed by atoms with van der Waals surface area (Å²) in [6.07, 6.45) is 14.9. The molecule has 2 saturated carbocycles. The van der Waals surface area contributed by atoms with Crippen LogP contribution < -0.4 is 0 Å². The lowest BCUT2D eigenvalue weighted by molar-refractivity contribution is 0.0340. The van der Waals surface area contributed by atoms with Crippen LogP contribution in [0.5, 0.6) is 0 Å². The van der Waals surface area contributed by atoms with E-state index in [4.69, 9.17) is 0 Å². The fraction of sp³-hybridized carbons (Fsp3) is 1.00. The van der Waals surface area contributed by atoms with Crippen molar-refractivity contribution >= 4 is 0 Å². The van der Waals surface area contributed by atoms with Gasteiger partial charge in [0.25, 0.3) is 0 Å². The molecule has 0 bridgehead atoms. The SMILES string of the molecule is CC(C1CCCCC1)C(C)C(C)(C)C1CCCCC1. The molecule has 0 nitrogen and oxygen atoms in total. The Morgan fingerprint density at radius 1 is 0.737 bits per heavy atom. The van der Waals surface area contributed by atoms with E-state index in [0.29, 0.717) is 5.41 Å². The monoisotopic (exact) mass is 264 g/mol. The Morgan fingerprint density at radius 3 is 1.74 bits per heavy atom. The third-order valence-corrected chi connectivity index (χ3v) is 7.01. The van der Waals surface area contributed by atoms with E-state index in [-0.39, 0.29) is 0 Å². The first-order valence-corrected chi connectivity index (χ1v) is 9.03. The van der Waals surface area contributed by atoms with Gasteiger partial charge in [0.1, 0.15) is 0 Å². The third kappa shape index (κ3) is 3.56. The molecule has 0 saturated heterocycles. The van der Waals surface area contributed by atoms with Crippen LogP contribution in [0.2, 0.25) is 0 Å². The topological polar surface area (TPSA) is 0 Å². The zero-order chi connectivity index (χ0) is 13.9. The maximum absolute atomic E-state index is 2.58. The molecule has 0 heteroatoms. The van der Waals surface area contributed by atoms with Gasteiger partial charge < -0.3 is 0 Å². The number of rotatable bonds is 4. The highest BCUT2D eigenvalue weighted by Gasteiger charge is 2.39. The maximum atomic E-state index is 2.58. The summed E-state index contributed by atoms with van der Waals surface area (Å²) in [7, 11) is 0. The van der Waals surface area contributed by atoms with Crippen LogP contribution >= 0.6 is 0 Å². The van der Waals surface area contributed by atoms with Gasteiger partial charge in [0, 0.05) is 0 Å². The molecule has 0 heterocycles. The normalized spacial score (nSPS) is 27.2. The minimum atomic E-state index is 0.553. The molecule has 0 aromatic rings. The van der Waals surface area contributed by atoms with E-state index in [2.05, 4.69) is 27.7 Å². The lowest BCUT2D eigenvalue weighted by atomic mass is 9.59. The van der Waals surface area contributed by atoms with Crippen LogP contribution in [0.1, 0.15) is 91.9 Å². The average molecular weight is 264 g/mol. The molecule has 0 aromatic heterocycles. The van der Waals surface area contributed by atoms with E-state index in [1.807, 2.05) is 0 Å². The fourth-order valence-corrected chi connectivity index (χ4v) is 4.96. The second kappa shape index (κ2) is 6.64. The Balaban J connectivity index is 1.97. The maximum Gasteiger partial charge on any atom is -0.0298 e. The van der Waals surface area contributed by atoms with Gasteiger partial charge in [0.2, 0.25) is 0 Å². The van der Waals surface area contributed by atoms with Gasteiger partial charge >= 0.3 is 0 Å². The van der Waals surface area contributed by atoms with Crippen molar-refractivity contribution in [2.75, 3.05) is 0 Å². The quantitative estimate of drug-likeness (QED) is 0.547. The van der Waals surface area contributed by atoms with Crippen molar-refractivity contribution in [3.05, 3.63) is 0 Å². The van der Waals surface area contributed by atoms with Crippen LogP contribution in [0, 0.1) is 29.1 Å². The Labute approximate surface area is 121 Å². The molecular formula is C19H36. The Kier molecular flexibility index (Phi) is 5.37. The standard InChI is InChI=1S/C19H36/c1-15(17-11-7-5-8-12-17)16(2)19(3,4)18-13-9-6-10-14-18/h15-18H,5-14H2,1-4H3. The average Bonchev–Trinajstić information content (AvgIpc) is 2.47. The fourth-order valence-electron chi connectivity index (χ4n) is 4.96. The van der Waals surface area contributed by atoms with Crippen LogP contribution in [0.3, 0.4) is 0 Å². The second-order valence-electron chi connectivity index (χ2n) is 8.20. The van der Waals surface area contributed by atoms with Crippen molar-refractivity contribution < 1.29 is 0 Å². The summed E-state index contributed by atoms with van der Waals surface area (Å²) in [4.78, 5) is 0. The van der Waals surface area contributed by atoms with Gasteiger partial charge in [-0.05, 0) is 41.9 Å². The van der Waals surface area contributed by atoms with Crippen LogP contribution in [0.15, 0.2) is 0 Å². The molecule has 112 valence electrons. The van der Waals surface area contributed by atoms with Crippen molar-refractivity contribution in [1.29, 1.82) is 0 Å². The highest BCUT2D eigenvalue weighted by Crippen LogP contribution is 2.48. The first kappa shape index (κ1) is 15.4. The predicted molar refractivity (Wildman–Crippen MR) is 85.3 cm³/mol. The summed E-state index contributed by atoms with van der Waals surface area (Å²) in [5.41, 5.74) is 0.553. The minimum absolute atomic E-state index is 0.553. The molecule has 0 aromatic carbocycles. The molecule has 0 radical (unpaired) electrons. The largest absolute Gasteiger partial charge is 0.0620 e. The van der Waals surface area contributed by atoms with Gasteiger partial charge in [-0.2, -0.15) is 0 Å². The van der Waals surface area contributed by atoms with E-state index in [9.17, 15) is 0 Å². The third-order valence-electron chi connectivity index (χ3n) is 7.01. The van der Waals surface area contributed by atoms with Gasteiger partial charge in [-0.1, -0.05) is 79.1 Å². The Hall–Kier alpha value is 0. The minimum Gasteiger partial charge on any atom is -0.0620 e. The van der Waals surface area contributed by atoms with Gasteiger partial charge in [-0.25, -0.2) is 0 Å². The first-order valence-electron chi connectivity index (χ1n) is 9.03. The van der Waals surface area contributed by atoms with E-state index in [1.165, 1.54) is 64.2 Å². The van der Waals surface area contributed by atoms with E-state index in [1.54, 1.807) is 0 Å². The van der Waals surface area contributed by atoms with E-state index in [0.717, 1.165) is 23.7 Å². The van der Waals surface area contributed by atoms with Gasteiger partial charge in [-0.3, -0.25) is 0 Å². The first-order chi connectivity index (χ1) is 9.03. The summed E-state index contributed by atoms with van der Waals surface area (Å²) in [6, 6.07) is 0. The van der Waals surface area contributed by atoms with Gasteiger partial charge in [0.05, 0.1) is 0 Å². The lowest BCUT2D eigenvalue weighted by Crippen LogP contribution is -2.38. The highest BCUT2D eigenvalue weighted by atomic mass is 14.4. The van der Waals surface area contributed by atoms with Gasteiger partial charge in [0.15, 0.2) is 0 Å². The number of hydrogen-bond donors (Lipinski definition) is 0. The molecular weight excluding hydrogens is 228 g/mol. The molecule has 19 heavy (non-hydrogen) atoms. The molecule has 0 N–H and O–H groups in total. The van der Waals surface area contributed by atoms with Crippen molar-refractivity contribution in [2.45, 2.75) is 91.9 Å². The number of hydrogen-bond acceptors (Lipinski definition) is 0. The molecule has 2 fully saturated rings. The van der Waals surface area contributed by atoms with Crippen molar-refractivity contribution in [3.8, 4) is 0 Å². The highest BCUT2D eigenvalue weighted by molar-refractivity contribution is 4.89. The lowest BCUT2D eigenvalue weighted by Gasteiger charge is -2.46. The van der Waals surface area contributed by atoms with Crippen LogP contribution in [0.25, 0.3) is 0 Å². The summed E-state index contributed by atoms with van der Waals surface area (Å²) < 4.78 is 0. The van der Waals surface area contributed by atoms with E-state index < -0.39 is 0 Å². The van der Waals surface area contributed by atoms with E-state index >= 15 is 0 Å². The molecule has 2 rings (SSSR count). The predicted octanol–water partition coefficient (Wildman–Crippen LogP) is 6.45. The smallest absolute Gasteiger partial charge is 0.0298 e. The second-order valence-corrected chi connectivity index (χ2v) is 8.20. The van der Waals surface area contributed by atoms with Crippen LogP contribution in [-0.2, 0) is 0 Å². The van der Waals surface area contributed by atoms with Crippen LogP contribution in [0.4, 0.5) is 0 Å². The molecule has 0 aliphatic heterocycles. The summed E-state index contributed by atoms with van der Waals surface area (Å²) in [6.45, 7) is 10.3. The molecule has 2 atom stereocenters. The van der Waals surface area contributed by atoms with Crippen molar-refractivity contribution in [1.82, 2.24) is 0 Å². The van der Waals surface area contributed by atoms with Crippen molar-refractivity contribution in [2.24, 2.45) is 29.1 Å². The van der Waals surface area contributed by atoms with Crippen LogP contribution in [-0.4, -0.2) is 0 Å². The molecule has 0 amide bonds. The zero-order valence-electron chi connectivity index (χ0n) is 13.9. The zero-order valence-corrected chi connectivity index (χ0v) is 13.9. The summed E-state index contributed by atoms with van der Waals surface area (Å²) in [5, 5.41) is 0.